The van der Waals surface area contributed by atoms with Crippen molar-refractivity contribution in [2.45, 2.75) is 6.18 Å². The number of hydrogen-bond donors (Lipinski definition) is 1. The minimum atomic E-state index is -5.08. The van der Waals surface area contributed by atoms with Gasteiger partial charge in [-0.15, -0.1) is 10.2 Å². The van der Waals surface area contributed by atoms with Crippen LogP contribution in [0.4, 0.5) is 13.2 Å². The van der Waals surface area contributed by atoms with E-state index in [1.54, 1.807) is 12.4 Å². The predicted molar refractivity (Wildman–Crippen MR) is 89.4 cm³/mol. The number of halogens is 4. The molecule has 0 aliphatic rings. The topological polar surface area (TPSA) is 89.1 Å². The zero-order valence-corrected chi connectivity index (χ0v) is 14.4. The summed E-state index contributed by atoms with van der Waals surface area (Å²) in [4.78, 5) is 12.9. The molecule has 1 aromatic carbocycles. The third-order valence-electron chi connectivity index (χ3n) is 2.67. The van der Waals surface area contributed by atoms with E-state index in [0.29, 0.717) is 11.8 Å². The third-order valence-corrected chi connectivity index (χ3v) is 3.39. The molecule has 0 radical (unpaired) electrons. The van der Waals surface area contributed by atoms with E-state index >= 15 is 0 Å². The lowest BCUT2D eigenvalue weighted by atomic mass is 10.2. The summed E-state index contributed by atoms with van der Waals surface area (Å²) in [7, 11) is 0. The average Bonchev–Trinajstić information content (AvgIpc) is 3.06. The predicted octanol–water partition coefficient (Wildman–Crippen LogP) is 4.04. The highest BCUT2D eigenvalue weighted by molar-refractivity contribution is 14.1. The van der Waals surface area contributed by atoms with E-state index in [-0.39, 0.29) is 0 Å². The molecule has 0 spiro atoms. The van der Waals surface area contributed by atoms with E-state index < -0.39 is 12.1 Å². The highest BCUT2D eigenvalue weighted by Crippen LogP contribution is 2.23. The zero-order valence-electron chi connectivity index (χ0n) is 12.2. The van der Waals surface area contributed by atoms with Crippen LogP contribution in [0.2, 0.25) is 0 Å². The summed E-state index contributed by atoms with van der Waals surface area (Å²) in [5, 5.41) is 15.2. The van der Waals surface area contributed by atoms with Crippen molar-refractivity contribution in [3.63, 3.8) is 0 Å². The Labute approximate surface area is 152 Å². The molecule has 0 atom stereocenters. The second-order valence-corrected chi connectivity index (χ2v) is 5.71. The normalized spacial score (nSPS) is 10.7. The van der Waals surface area contributed by atoms with Crippen molar-refractivity contribution in [2.24, 2.45) is 0 Å². The number of hydrogen-bond acceptors (Lipinski definition) is 5. The summed E-state index contributed by atoms with van der Waals surface area (Å²) in [6.07, 6.45) is -1.68. The first kappa shape index (κ1) is 18.8. The Kier molecular flexibility index (Phi) is 6.07. The maximum Gasteiger partial charge on any atom is 0.490 e. The molecule has 0 bridgehead atoms. The first-order valence-corrected chi connectivity index (χ1v) is 7.65. The second kappa shape index (κ2) is 8.05. The van der Waals surface area contributed by atoms with Crippen LogP contribution in [0.15, 0.2) is 53.2 Å². The van der Waals surface area contributed by atoms with Gasteiger partial charge in [-0.25, -0.2) is 4.79 Å². The van der Waals surface area contributed by atoms with Gasteiger partial charge in [0.05, 0.1) is 5.56 Å². The minimum absolute atomic E-state index is 0.483. The molecule has 0 aliphatic heterocycles. The molecule has 0 aliphatic carbocycles. The number of nitrogens with zero attached hydrogens (tertiary/aromatic N) is 3. The van der Waals surface area contributed by atoms with Gasteiger partial charge in [-0.1, -0.05) is 0 Å². The van der Waals surface area contributed by atoms with Crippen molar-refractivity contribution in [3.05, 3.63) is 52.4 Å². The lowest BCUT2D eigenvalue weighted by molar-refractivity contribution is -0.192. The maximum atomic E-state index is 10.6. The molecule has 0 amide bonds. The lowest BCUT2D eigenvalue weighted by Crippen LogP contribution is -2.21. The standard InChI is InChI=1S/C13H8IN3O.C2HF3O2/c14-11-5-3-9(4-6-11)12-16-17-13(18-12)10-2-1-7-15-8-10;3-2(4,5)1(6)7/h1-8H;(H,6,7). The monoisotopic (exact) mass is 463 g/mol. The molecule has 0 unspecified atom stereocenters. The molecular formula is C15H9F3IN3O3. The SMILES string of the molecule is Ic1ccc(-c2nnc(-c3cccnc3)o2)cc1.O=C(O)C(F)(F)F. The van der Waals surface area contributed by atoms with Gasteiger partial charge in [-0.05, 0) is 59.0 Å². The smallest absolute Gasteiger partial charge is 0.475 e. The second-order valence-electron chi connectivity index (χ2n) is 4.46. The van der Waals surface area contributed by atoms with Gasteiger partial charge in [0, 0.05) is 21.5 Å². The maximum absolute atomic E-state index is 10.6. The van der Waals surface area contributed by atoms with Crippen LogP contribution in [0, 0.1) is 3.57 Å². The number of carbonyl (C=O) groups is 1. The van der Waals surface area contributed by atoms with Crippen LogP contribution in [-0.2, 0) is 4.79 Å². The van der Waals surface area contributed by atoms with Gasteiger partial charge in [0.2, 0.25) is 11.8 Å². The summed E-state index contributed by atoms with van der Waals surface area (Å²) in [5.74, 6) is -1.76. The Hall–Kier alpha value is -2.50. The fourth-order valence-electron chi connectivity index (χ4n) is 1.54. The number of benzene rings is 1. The Morgan fingerprint density at radius 1 is 1.04 bits per heavy atom. The largest absolute Gasteiger partial charge is 0.490 e. The van der Waals surface area contributed by atoms with Crippen LogP contribution in [0.25, 0.3) is 22.9 Å². The Bertz CT molecular complexity index is 836. The molecule has 2 aromatic heterocycles. The summed E-state index contributed by atoms with van der Waals surface area (Å²) in [6, 6.07) is 11.7. The quantitative estimate of drug-likeness (QED) is 0.578. The van der Waals surface area contributed by atoms with Crippen LogP contribution in [0.5, 0.6) is 0 Å². The van der Waals surface area contributed by atoms with E-state index in [2.05, 4.69) is 37.8 Å². The van der Waals surface area contributed by atoms with Crippen molar-refractivity contribution in [1.82, 2.24) is 15.2 Å². The molecule has 1 N–H and O–H groups in total. The Balaban J connectivity index is 0.000000277. The van der Waals surface area contributed by atoms with Crippen LogP contribution in [0.3, 0.4) is 0 Å². The van der Waals surface area contributed by atoms with Crippen molar-refractivity contribution >= 4 is 28.6 Å². The number of carboxylic acids is 1. The van der Waals surface area contributed by atoms with Crippen LogP contribution >= 0.6 is 22.6 Å². The third kappa shape index (κ3) is 5.52. The van der Waals surface area contributed by atoms with Gasteiger partial charge in [-0.3, -0.25) is 4.98 Å². The van der Waals surface area contributed by atoms with Gasteiger partial charge in [0.1, 0.15) is 0 Å². The molecule has 130 valence electrons. The Morgan fingerprint density at radius 2 is 1.60 bits per heavy atom. The van der Waals surface area contributed by atoms with Crippen LogP contribution in [0.1, 0.15) is 0 Å². The number of aromatic nitrogens is 3. The van der Waals surface area contributed by atoms with E-state index in [1.165, 1.54) is 3.57 Å². The molecule has 25 heavy (non-hydrogen) atoms. The minimum Gasteiger partial charge on any atom is -0.475 e. The molecular weight excluding hydrogens is 454 g/mol. The fraction of sp³-hybridized carbons (Fsp3) is 0.0667. The Morgan fingerprint density at radius 3 is 2.08 bits per heavy atom. The molecule has 0 saturated heterocycles. The van der Waals surface area contributed by atoms with Gasteiger partial charge < -0.3 is 9.52 Å². The lowest BCUT2D eigenvalue weighted by Gasteiger charge is -1.95. The van der Waals surface area contributed by atoms with Gasteiger partial charge in [0.25, 0.3) is 0 Å². The van der Waals surface area contributed by atoms with Crippen LogP contribution in [-0.4, -0.2) is 32.4 Å². The van der Waals surface area contributed by atoms with E-state index in [9.17, 15) is 13.2 Å². The molecule has 0 fully saturated rings. The molecule has 0 saturated carbocycles. The number of carboxylic acid groups (broad SMARTS) is 1. The average molecular weight is 463 g/mol. The molecule has 6 nitrogen and oxygen atoms in total. The molecule has 2 heterocycles. The first-order chi connectivity index (χ1) is 11.8. The highest BCUT2D eigenvalue weighted by Gasteiger charge is 2.38. The van der Waals surface area contributed by atoms with Gasteiger partial charge in [0.15, 0.2) is 0 Å². The molecule has 3 aromatic rings. The number of pyridine rings is 1. The van der Waals surface area contributed by atoms with E-state index in [0.717, 1.165) is 11.1 Å². The summed E-state index contributed by atoms with van der Waals surface area (Å²) < 4.78 is 38.5. The summed E-state index contributed by atoms with van der Waals surface area (Å²) in [6.45, 7) is 0. The van der Waals surface area contributed by atoms with Crippen molar-refractivity contribution in [3.8, 4) is 22.9 Å². The highest BCUT2D eigenvalue weighted by atomic mass is 127. The number of aliphatic carboxylic acids is 1. The van der Waals surface area contributed by atoms with Crippen molar-refractivity contribution < 1.29 is 27.5 Å². The van der Waals surface area contributed by atoms with Crippen LogP contribution < -0.4 is 0 Å². The number of rotatable bonds is 2. The van der Waals surface area contributed by atoms with Crippen molar-refractivity contribution in [1.29, 1.82) is 0 Å². The van der Waals surface area contributed by atoms with Crippen molar-refractivity contribution in [2.75, 3.05) is 0 Å². The molecule has 3 rings (SSSR count). The van der Waals surface area contributed by atoms with E-state index in [4.69, 9.17) is 14.3 Å². The summed E-state index contributed by atoms with van der Waals surface area (Å²) in [5.41, 5.74) is 1.74. The zero-order chi connectivity index (χ0) is 18.4. The fourth-order valence-corrected chi connectivity index (χ4v) is 1.90. The molecule has 10 heteroatoms. The summed E-state index contributed by atoms with van der Waals surface area (Å²) >= 11 is 2.26. The first-order valence-electron chi connectivity index (χ1n) is 6.57. The van der Waals surface area contributed by atoms with Gasteiger partial charge in [-0.2, -0.15) is 13.2 Å². The van der Waals surface area contributed by atoms with Gasteiger partial charge >= 0.3 is 12.1 Å². The number of alkyl halides is 3. The van der Waals surface area contributed by atoms with E-state index in [1.807, 2.05) is 36.4 Å².